The average Bonchev–Trinajstić information content (AvgIpc) is 3.08. The van der Waals surface area contributed by atoms with Gasteiger partial charge in [0.2, 0.25) is 0 Å². The number of aliphatic hydroxyl groups is 2. The number of nitrogens with two attached hydrogens (primary N) is 1. The van der Waals surface area contributed by atoms with Crippen molar-refractivity contribution in [2.24, 2.45) is 5.73 Å². The monoisotopic (exact) mass is 588 g/mol. The summed E-state index contributed by atoms with van der Waals surface area (Å²) in [6.45, 7) is 3.48. The Morgan fingerprint density at radius 2 is 1.93 bits per heavy atom. The topological polar surface area (TPSA) is 204 Å². The van der Waals surface area contributed by atoms with E-state index in [1.807, 2.05) is 4.98 Å². The summed E-state index contributed by atoms with van der Waals surface area (Å²) >= 11 is 0. The number of aromatic amines is 1. The highest BCUT2D eigenvalue weighted by atomic mass is 31.2. The summed E-state index contributed by atoms with van der Waals surface area (Å²) in [6, 6.07) is 5.86. The Hall–Kier alpha value is -2.91. The minimum atomic E-state index is -4.54. The zero-order chi connectivity index (χ0) is 29.9. The van der Waals surface area contributed by atoms with Crippen LogP contribution in [0.2, 0.25) is 0 Å². The van der Waals surface area contributed by atoms with Crippen LogP contribution in [0.5, 0.6) is 5.75 Å². The highest BCUT2D eigenvalue weighted by Gasteiger charge is 2.63. The molecule has 1 aliphatic heterocycles. The fraction of sp³-hybridized carbons (Fsp3) is 0.542. The molecule has 0 aliphatic carbocycles. The number of benzene rings is 1. The molecule has 2 heterocycles. The van der Waals surface area contributed by atoms with Gasteiger partial charge >= 0.3 is 19.4 Å². The molecular formula is C24H34FN4O10P. The van der Waals surface area contributed by atoms with Gasteiger partial charge in [-0.2, -0.15) is 5.09 Å². The molecule has 1 aromatic carbocycles. The minimum absolute atomic E-state index is 0.0457. The van der Waals surface area contributed by atoms with Crippen molar-refractivity contribution in [2.45, 2.75) is 69.9 Å². The summed E-state index contributed by atoms with van der Waals surface area (Å²) in [4.78, 5) is 38.2. The van der Waals surface area contributed by atoms with Crippen LogP contribution in [-0.4, -0.2) is 68.5 Å². The van der Waals surface area contributed by atoms with Gasteiger partial charge in [-0.05, 0) is 45.4 Å². The quantitative estimate of drug-likeness (QED) is 0.170. The third-order valence-electron chi connectivity index (χ3n) is 6.15. The van der Waals surface area contributed by atoms with Crippen LogP contribution < -0.4 is 26.6 Å². The van der Waals surface area contributed by atoms with Gasteiger partial charge in [0, 0.05) is 18.8 Å². The van der Waals surface area contributed by atoms with E-state index >= 15 is 0 Å². The third kappa shape index (κ3) is 6.86. The molecule has 6 atom stereocenters. The number of nitrogens with zero attached hydrogens (tertiary/aromatic N) is 1. The zero-order valence-corrected chi connectivity index (χ0v) is 23.3. The van der Waals surface area contributed by atoms with Gasteiger partial charge in [-0.25, -0.2) is 13.8 Å². The van der Waals surface area contributed by atoms with Crippen LogP contribution in [-0.2, 0) is 29.9 Å². The van der Waals surface area contributed by atoms with Gasteiger partial charge < -0.3 is 29.9 Å². The molecule has 0 bridgehead atoms. The number of hydrogen-bond donors (Lipinski definition) is 5. The number of hydrogen-bond acceptors (Lipinski definition) is 11. The molecule has 2 aromatic rings. The number of aromatic nitrogens is 2. The second kappa shape index (κ2) is 12.3. The van der Waals surface area contributed by atoms with Crippen LogP contribution in [0.1, 0.15) is 39.5 Å². The van der Waals surface area contributed by atoms with E-state index in [2.05, 4.69) is 5.09 Å². The second-order valence-corrected chi connectivity index (χ2v) is 11.6. The number of ether oxygens (including phenoxy) is 2. The van der Waals surface area contributed by atoms with E-state index in [4.69, 9.17) is 24.3 Å². The number of esters is 1. The lowest BCUT2D eigenvalue weighted by Gasteiger charge is -2.32. The van der Waals surface area contributed by atoms with Crippen LogP contribution in [0.3, 0.4) is 0 Å². The van der Waals surface area contributed by atoms with Gasteiger partial charge in [0.25, 0.3) is 5.56 Å². The summed E-state index contributed by atoms with van der Waals surface area (Å²) in [5, 5.41) is 24.4. The van der Waals surface area contributed by atoms with Crippen LogP contribution in [0.25, 0.3) is 0 Å². The third-order valence-corrected chi connectivity index (χ3v) is 7.77. The molecule has 6 N–H and O–H groups in total. The van der Waals surface area contributed by atoms with Crippen molar-refractivity contribution in [2.75, 3.05) is 13.3 Å². The number of aliphatic hydroxyl groups excluding tert-OH is 1. The fourth-order valence-electron chi connectivity index (χ4n) is 4.01. The van der Waals surface area contributed by atoms with Crippen molar-refractivity contribution in [3.05, 3.63) is 62.9 Å². The van der Waals surface area contributed by atoms with Gasteiger partial charge in [-0.1, -0.05) is 12.1 Å². The van der Waals surface area contributed by atoms with Crippen molar-refractivity contribution < 1.29 is 42.5 Å². The summed E-state index contributed by atoms with van der Waals surface area (Å²) in [7, 11) is -4.54. The highest BCUT2D eigenvalue weighted by molar-refractivity contribution is 7.52. The summed E-state index contributed by atoms with van der Waals surface area (Å²) in [6.07, 6.45) is -3.17. The SMILES string of the molecule is CC(C)OC(=O)[C@H](C)NP(=O)(OC[C@@]1(CF)O[C@@H](n2ccc(=O)[nH]c2=O)[C@](C)(O)[C@@H]1O)Oc1ccc(CN)cc1. The zero-order valence-electron chi connectivity index (χ0n) is 22.4. The molecular weight excluding hydrogens is 554 g/mol. The van der Waals surface area contributed by atoms with Crippen LogP contribution in [0, 0.1) is 0 Å². The number of H-pyrrole nitrogens is 1. The van der Waals surface area contributed by atoms with Gasteiger partial charge in [0.05, 0.1) is 12.7 Å². The Morgan fingerprint density at radius 1 is 1.27 bits per heavy atom. The summed E-state index contributed by atoms with van der Waals surface area (Å²) in [5.41, 5.74) is 0.000235. The lowest BCUT2D eigenvalue weighted by Crippen LogP contribution is -2.53. The molecule has 40 heavy (non-hydrogen) atoms. The van der Waals surface area contributed by atoms with Crippen LogP contribution >= 0.6 is 7.75 Å². The Balaban J connectivity index is 1.92. The molecule has 1 fully saturated rings. The van der Waals surface area contributed by atoms with E-state index in [9.17, 15) is 33.6 Å². The van der Waals surface area contributed by atoms with E-state index < -0.39 is 73.9 Å². The number of nitrogens with one attached hydrogen (secondary N) is 2. The van der Waals surface area contributed by atoms with E-state index in [1.54, 1.807) is 26.0 Å². The maximum atomic E-state index is 14.6. The van der Waals surface area contributed by atoms with Crippen molar-refractivity contribution >= 4 is 13.7 Å². The van der Waals surface area contributed by atoms with Crippen molar-refractivity contribution in [1.82, 2.24) is 14.6 Å². The van der Waals surface area contributed by atoms with Crippen molar-refractivity contribution in [3.8, 4) is 5.75 Å². The molecule has 1 saturated heterocycles. The predicted molar refractivity (Wildman–Crippen MR) is 139 cm³/mol. The molecule has 0 spiro atoms. The van der Waals surface area contributed by atoms with Gasteiger partial charge in [-0.15, -0.1) is 0 Å². The smallest absolute Gasteiger partial charge is 0.459 e. The lowest BCUT2D eigenvalue weighted by atomic mass is 9.88. The first kappa shape index (κ1) is 31.6. The normalized spacial score (nSPS) is 26.8. The first-order valence-electron chi connectivity index (χ1n) is 12.3. The lowest BCUT2D eigenvalue weighted by molar-refractivity contribution is -0.149. The molecule has 1 aliphatic rings. The number of rotatable bonds is 12. The second-order valence-electron chi connectivity index (χ2n) is 9.86. The number of carbonyl (C=O) groups is 1. The molecule has 0 radical (unpaired) electrons. The first-order chi connectivity index (χ1) is 18.7. The molecule has 222 valence electrons. The Morgan fingerprint density at radius 3 is 2.48 bits per heavy atom. The summed E-state index contributed by atoms with van der Waals surface area (Å²) < 4.78 is 51.0. The van der Waals surface area contributed by atoms with E-state index in [0.29, 0.717) is 0 Å². The molecule has 0 saturated carbocycles. The molecule has 1 unspecified atom stereocenters. The van der Waals surface area contributed by atoms with Gasteiger partial charge in [0.15, 0.2) is 11.8 Å². The highest BCUT2D eigenvalue weighted by Crippen LogP contribution is 2.50. The van der Waals surface area contributed by atoms with Crippen LogP contribution in [0.15, 0.2) is 46.1 Å². The molecule has 1 aromatic heterocycles. The standard InChI is InChI=1S/C24H34FN4O10P/c1-14(2)37-19(31)15(3)28-40(35,39-17-7-5-16(11-26)6-8-17)36-13-24(12-25)20(32)23(4,34)21(38-24)29-10-9-18(30)27-22(29)33/h5-10,14-15,20-21,32,34H,11-13,26H2,1-4H3,(H,28,35)(H,27,30,33)/t15-,20-,21+,23+,24+,40?/m0/s1. The van der Waals surface area contributed by atoms with Crippen molar-refractivity contribution in [1.29, 1.82) is 0 Å². The molecule has 0 amide bonds. The Labute approximate surface area is 228 Å². The Kier molecular flexibility index (Phi) is 9.73. The molecule has 3 rings (SSSR count). The number of carbonyl (C=O) groups excluding carboxylic acids is 1. The van der Waals surface area contributed by atoms with Crippen LogP contribution in [0.4, 0.5) is 4.39 Å². The predicted octanol–water partition coefficient (Wildman–Crippen LogP) is 0.478. The number of halogens is 1. The Bertz CT molecular complexity index is 1350. The van der Waals surface area contributed by atoms with E-state index in [-0.39, 0.29) is 12.3 Å². The largest absolute Gasteiger partial charge is 0.462 e. The maximum Gasteiger partial charge on any atom is 0.459 e. The molecule has 14 nitrogen and oxygen atoms in total. The number of alkyl halides is 1. The van der Waals surface area contributed by atoms with Gasteiger partial charge in [0.1, 0.15) is 30.2 Å². The van der Waals surface area contributed by atoms with Gasteiger partial charge in [-0.3, -0.25) is 23.7 Å². The fourth-order valence-corrected chi connectivity index (χ4v) is 5.56. The molecule has 16 heteroatoms. The summed E-state index contributed by atoms with van der Waals surface area (Å²) in [5.74, 6) is -0.733. The maximum absolute atomic E-state index is 14.6. The van der Waals surface area contributed by atoms with Crippen molar-refractivity contribution in [3.63, 3.8) is 0 Å². The van der Waals surface area contributed by atoms with E-state index in [1.165, 1.54) is 19.1 Å². The minimum Gasteiger partial charge on any atom is -0.462 e. The van der Waals surface area contributed by atoms with E-state index in [0.717, 1.165) is 29.3 Å². The first-order valence-corrected chi connectivity index (χ1v) is 13.9. The average molecular weight is 589 g/mol.